The van der Waals surface area contributed by atoms with Gasteiger partial charge in [-0.1, -0.05) is 22.0 Å². The summed E-state index contributed by atoms with van der Waals surface area (Å²) < 4.78 is 6.06. The molecule has 0 aliphatic heterocycles. The number of methoxy groups -OCH3 is 1. The average molecular weight is 246 g/mol. The summed E-state index contributed by atoms with van der Waals surface area (Å²) in [7, 11) is 1.58. The highest BCUT2D eigenvalue weighted by Gasteiger charge is 2.10. The number of halogens is 1. The molecule has 0 amide bonds. The van der Waals surface area contributed by atoms with E-state index in [1.165, 1.54) is 0 Å². The maximum absolute atomic E-state index is 8.89. The molecule has 0 saturated carbocycles. The molecule has 3 N–H and O–H groups in total. The molecule has 4 heteroatoms. The number of nitrogens with two attached hydrogens (primary N) is 1. The standard InChI is InChI=1S/C9H12BrNO2/c1-13-9-4-6(10)2-3-7(9)8(11)5-12/h2-4,8,12H,5,11H2,1H3/t8-/m0/s1. The Hall–Kier alpha value is -0.580. The molecule has 0 aromatic heterocycles. The van der Waals surface area contributed by atoms with Crippen molar-refractivity contribution >= 4 is 15.9 Å². The molecule has 0 aliphatic carbocycles. The van der Waals surface area contributed by atoms with Crippen molar-refractivity contribution in [3.63, 3.8) is 0 Å². The summed E-state index contributed by atoms with van der Waals surface area (Å²) in [6.07, 6.45) is 0. The maximum atomic E-state index is 8.89. The molecular formula is C9H12BrNO2. The zero-order valence-electron chi connectivity index (χ0n) is 7.33. The van der Waals surface area contributed by atoms with Gasteiger partial charge in [-0.05, 0) is 12.1 Å². The first-order valence-electron chi connectivity index (χ1n) is 3.89. The first-order valence-corrected chi connectivity index (χ1v) is 4.68. The number of aliphatic hydroxyl groups is 1. The lowest BCUT2D eigenvalue weighted by Crippen LogP contribution is -2.15. The van der Waals surface area contributed by atoms with Crippen LogP contribution in [-0.4, -0.2) is 18.8 Å². The number of hydrogen-bond donors (Lipinski definition) is 2. The summed E-state index contributed by atoms with van der Waals surface area (Å²) in [5.74, 6) is 0.691. The van der Waals surface area contributed by atoms with Crippen LogP contribution in [0.3, 0.4) is 0 Å². The smallest absolute Gasteiger partial charge is 0.124 e. The molecule has 0 bridgehead atoms. The van der Waals surface area contributed by atoms with E-state index in [0.717, 1.165) is 10.0 Å². The summed E-state index contributed by atoms with van der Waals surface area (Å²) >= 11 is 3.32. The molecule has 3 nitrogen and oxygen atoms in total. The molecule has 1 aromatic carbocycles. The number of hydrogen-bond acceptors (Lipinski definition) is 3. The Morgan fingerprint density at radius 3 is 2.85 bits per heavy atom. The third-order valence-corrected chi connectivity index (χ3v) is 2.28. The van der Waals surface area contributed by atoms with E-state index in [0.29, 0.717) is 5.75 Å². The van der Waals surface area contributed by atoms with Gasteiger partial charge in [-0.15, -0.1) is 0 Å². The molecule has 1 rings (SSSR count). The Morgan fingerprint density at radius 2 is 2.31 bits per heavy atom. The average Bonchev–Trinajstić information content (AvgIpc) is 2.16. The van der Waals surface area contributed by atoms with Gasteiger partial charge in [-0.25, -0.2) is 0 Å². The Morgan fingerprint density at radius 1 is 1.62 bits per heavy atom. The second-order valence-corrected chi connectivity index (χ2v) is 3.59. The Balaban J connectivity index is 3.05. The highest BCUT2D eigenvalue weighted by molar-refractivity contribution is 9.10. The first kappa shape index (κ1) is 10.5. The van der Waals surface area contributed by atoms with Crippen molar-refractivity contribution in [1.82, 2.24) is 0 Å². The van der Waals surface area contributed by atoms with E-state index < -0.39 is 0 Å². The van der Waals surface area contributed by atoms with Gasteiger partial charge in [-0.3, -0.25) is 0 Å². The summed E-state index contributed by atoms with van der Waals surface area (Å²) in [5, 5.41) is 8.89. The van der Waals surface area contributed by atoms with E-state index in [9.17, 15) is 0 Å². The molecule has 0 saturated heterocycles. The predicted molar refractivity (Wildman–Crippen MR) is 54.7 cm³/mol. The third kappa shape index (κ3) is 2.43. The molecule has 0 radical (unpaired) electrons. The van der Waals surface area contributed by atoms with E-state index >= 15 is 0 Å². The van der Waals surface area contributed by atoms with Gasteiger partial charge < -0.3 is 15.6 Å². The molecule has 1 atom stereocenters. The van der Waals surface area contributed by atoms with Gasteiger partial charge >= 0.3 is 0 Å². The van der Waals surface area contributed by atoms with E-state index in [-0.39, 0.29) is 12.6 Å². The van der Waals surface area contributed by atoms with Crippen LogP contribution in [0, 0.1) is 0 Å². The Kier molecular flexibility index (Phi) is 3.71. The van der Waals surface area contributed by atoms with Crippen LogP contribution < -0.4 is 10.5 Å². The number of rotatable bonds is 3. The highest BCUT2D eigenvalue weighted by Crippen LogP contribution is 2.27. The minimum atomic E-state index is -0.386. The largest absolute Gasteiger partial charge is 0.496 e. The molecular weight excluding hydrogens is 234 g/mol. The summed E-state index contributed by atoms with van der Waals surface area (Å²) in [6.45, 7) is -0.0853. The lowest BCUT2D eigenvalue weighted by Gasteiger charge is -2.13. The summed E-state index contributed by atoms with van der Waals surface area (Å²) in [5.41, 5.74) is 6.49. The van der Waals surface area contributed by atoms with E-state index in [1.54, 1.807) is 7.11 Å². The molecule has 72 valence electrons. The molecule has 0 aliphatic rings. The van der Waals surface area contributed by atoms with Crippen molar-refractivity contribution in [3.8, 4) is 5.75 Å². The van der Waals surface area contributed by atoms with Crippen molar-refractivity contribution in [2.45, 2.75) is 6.04 Å². The predicted octanol–water partition coefficient (Wildman–Crippen LogP) is 1.45. The van der Waals surface area contributed by atoms with Gasteiger partial charge in [0, 0.05) is 10.0 Å². The molecule has 0 heterocycles. The van der Waals surface area contributed by atoms with E-state index in [1.807, 2.05) is 18.2 Å². The topological polar surface area (TPSA) is 55.5 Å². The number of benzene rings is 1. The van der Waals surface area contributed by atoms with Crippen LogP contribution in [0.15, 0.2) is 22.7 Å². The third-order valence-electron chi connectivity index (χ3n) is 1.79. The van der Waals surface area contributed by atoms with Gasteiger partial charge in [0.2, 0.25) is 0 Å². The monoisotopic (exact) mass is 245 g/mol. The fourth-order valence-corrected chi connectivity index (χ4v) is 1.43. The van der Waals surface area contributed by atoms with Crippen LogP contribution in [0.1, 0.15) is 11.6 Å². The lowest BCUT2D eigenvalue weighted by molar-refractivity contribution is 0.264. The zero-order valence-corrected chi connectivity index (χ0v) is 8.91. The fourth-order valence-electron chi connectivity index (χ4n) is 1.09. The number of ether oxygens (including phenoxy) is 1. The van der Waals surface area contributed by atoms with Crippen molar-refractivity contribution < 1.29 is 9.84 Å². The molecule has 0 unspecified atom stereocenters. The van der Waals surface area contributed by atoms with Crippen molar-refractivity contribution in [1.29, 1.82) is 0 Å². The highest BCUT2D eigenvalue weighted by atomic mass is 79.9. The SMILES string of the molecule is COc1cc(Br)ccc1[C@@H](N)CO. The van der Waals surface area contributed by atoms with Crippen LogP contribution in [0.2, 0.25) is 0 Å². The van der Waals surface area contributed by atoms with Crippen LogP contribution in [0.4, 0.5) is 0 Å². The van der Waals surface area contributed by atoms with Gasteiger partial charge in [0.25, 0.3) is 0 Å². The summed E-state index contributed by atoms with van der Waals surface area (Å²) in [4.78, 5) is 0. The quantitative estimate of drug-likeness (QED) is 0.848. The molecule has 0 spiro atoms. The number of aliphatic hydroxyl groups excluding tert-OH is 1. The fraction of sp³-hybridized carbons (Fsp3) is 0.333. The van der Waals surface area contributed by atoms with Gasteiger partial charge in [0.15, 0.2) is 0 Å². The second kappa shape index (κ2) is 4.60. The lowest BCUT2D eigenvalue weighted by atomic mass is 10.1. The summed E-state index contributed by atoms with van der Waals surface area (Å²) in [6, 6.07) is 5.14. The van der Waals surface area contributed by atoms with E-state index in [4.69, 9.17) is 15.6 Å². The van der Waals surface area contributed by atoms with Gasteiger partial charge in [0.05, 0.1) is 19.8 Å². The zero-order chi connectivity index (χ0) is 9.84. The van der Waals surface area contributed by atoms with Crippen LogP contribution >= 0.6 is 15.9 Å². The van der Waals surface area contributed by atoms with Crippen LogP contribution in [0.25, 0.3) is 0 Å². The van der Waals surface area contributed by atoms with E-state index in [2.05, 4.69) is 15.9 Å². The van der Waals surface area contributed by atoms with Gasteiger partial charge in [0.1, 0.15) is 5.75 Å². The Bertz CT molecular complexity index is 291. The first-order chi connectivity index (χ1) is 6.19. The van der Waals surface area contributed by atoms with Crippen molar-refractivity contribution in [2.24, 2.45) is 5.73 Å². The minimum Gasteiger partial charge on any atom is -0.496 e. The second-order valence-electron chi connectivity index (χ2n) is 2.68. The normalized spacial score (nSPS) is 12.6. The van der Waals surface area contributed by atoms with Gasteiger partial charge in [-0.2, -0.15) is 0 Å². The Labute approximate surface area is 85.6 Å². The molecule has 0 fully saturated rings. The van der Waals surface area contributed by atoms with Crippen molar-refractivity contribution in [3.05, 3.63) is 28.2 Å². The maximum Gasteiger partial charge on any atom is 0.124 e. The molecule has 13 heavy (non-hydrogen) atoms. The van der Waals surface area contributed by atoms with Crippen LogP contribution in [-0.2, 0) is 0 Å². The minimum absolute atomic E-state index is 0.0853. The van der Waals surface area contributed by atoms with Crippen LogP contribution in [0.5, 0.6) is 5.75 Å². The molecule has 1 aromatic rings. The van der Waals surface area contributed by atoms with Crippen molar-refractivity contribution in [2.75, 3.05) is 13.7 Å².